The Labute approximate surface area is 232 Å². The maximum absolute atomic E-state index is 12.5. The summed E-state index contributed by atoms with van der Waals surface area (Å²) in [6.07, 6.45) is 5.13. The Balaban J connectivity index is 1.12. The van der Waals surface area contributed by atoms with E-state index in [9.17, 15) is 4.79 Å². The van der Waals surface area contributed by atoms with Gasteiger partial charge in [0.15, 0.2) is 5.16 Å². The second-order valence-corrected chi connectivity index (χ2v) is 10.8. The van der Waals surface area contributed by atoms with E-state index in [0.717, 1.165) is 49.4 Å². The number of carbonyl (C=O) groups excluding carboxylic acids is 1. The molecule has 1 aliphatic heterocycles. The molecule has 1 aliphatic rings. The van der Waals surface area contributed by atoms with Crippen LogP contribution in [0.4, 0.5) is 5.82 Å². The highest BCUT2D eigenvalue weighted by Gasteiger charge is 2.21. The van der Waals surface area contributed by atoms with Gasteiger partial charge < -0.3 is 10.2 Å². The van der Waals surface area contributed by atoms with Gasteiger partial charge in [0.2, 0.25) is 0 Å². The number of thioether (sulfide) groups is 1. The van der Waals surface area contributed by atoms with Crippen LogP contribution in [0, 0.1) is 5.92 Å². The van der Waals surface area contributed by atoms with E-state index >= 15 is 0 Å². The fourth-order valence-corrected chi connectivity index (χ4v) is 5.64. The maximum Gasteiger partial charge on any atom is 0.251 e. The summed E-state index contributed by atoms with van der Waals surface area (Å²) in [5.41, 5.74) is 3.94. The van der Waals surface area contributed by atoms with Gasteiger partial charge in [-0.1, -0.05) is 71.9 Å². The standard InChI is InChI=1S/C30H30ClN5OS/c31-27-19-28(36-16-13-23(14-17-36)18-22-6-2-1-3-7-22)35-30(34-27)38-21-24-9-11-25(12-10-24)29(37)33-20-26-8-4-5-15-32-26/h1-12,15,19,23H,13-14,16-18,20-21H2,(H,33,37). The summed E-state index contributed by atoms with van der Waals surface area (Å²) in [6.45, 7) is 2.34. The molecule has 0 spiro atoms. The number of pyridine rings is 1. The van der Waals surface area contributed by atoms with E-state index in [0.29, 0.717) is 34.1 Å². The molecular formula is C30H30ClN5OS. The average molecular weight is 544 g/mol. The minimum Gasteiger partial charge on any atom is -0.356 e. The molecule has 1 saturated heterocycles. The molecular weight excluding hydrogens is 514 g/mol. The van der Waals surface area contributed by atoms with Crippen molar-refractivity contribution in [3.8, 4) is 0 Å². The molecule has 8 heteroatoms. The lowest BCUT2D eigenvalue weighted by molar-refractivity contribution is 0.0950. The summed E-state index contributed by atoms with van der Waals surface area (Å²) >= 11 is 7.92. The number of aromatic nitrogens is 3. The van der Waals surface area contributed by atoms with Gasteiger partial charge in [-0.25, -0.2) is 9.97 Å². The van der Waals surface area contributed by atoms with Gasteiger partial charge in [-0.15, -0.1) is 0 Å². The molecule has 5 rings (SSSR count). The Kier molecular flexibility index (Phi) is 8.89. The first-order valence-corrected chi connectivity index (χ1v) is 14.2. The molecule has 38 heavy (non-hydrogen) atoms. The molecule has 1 fully saturated rings. The first-order valence-electron chi connectivity index (χ1n) is 12.9. The van der Waals surface area contributed by atoms with Crippen LogP contribution < -0.4 is 10.2 Å². The van der Waals surface area contributed by atoms with E-state index < -0.39 is 0 Å². The van der Waals surface area contributed by atoms with Crippen molar-refractivity contribution in [2.75, 3.05) is 18.0 Å². The van der Waals surface area contributed by atoms with Gasteiger partial charge in [0.05, 0.1) is 12.2 Å². The summed E-state index contributed by atoms with van der Waals surface area (Å²) in [5.74, 6) is 2.16. The minimum absolute atomic E-state index is 0.120. The minimum atomic E-state index is -0.120. The van der Waals surface area contributed by atoms with E-state index in [2.05, 4.69) is 50.5 Å². The summed E-state index contributed by atoms with van der Waals surface area (Å²) in [7, 11) is 0. The van der Waals surface area contributed by atoms with Crippen LogP contribution >= 0.6 is 23.4 Å². The third kappa shape index (κ3) is 7.33. The van der Waals surface area contributed by atoms with E-state index in [1.807, 2.05) is 48.5 Å². The first-order chi connectivity index (χ1) is 18.6. The van der Waals surface area contributed by atoms with Gasteiger partial charge in [0.1, 0.15) is 11.0 Å². The van der Waals surface area contributed by atoms with E-state index in [1.165, 1.54) is 5.56 Å². The number of benzene rings is 2. The molecule has 0 saturated carbocycles. The molecule has 0 atom stereocenters. The number of halogens is 1. The number of hydrogen-bond donors (Lipinski definition) is 1. The molecule has 2 aromatic heterocycles. The highest BCUT2D eigenvalue weighted by molar-refractivity contribution is 7.98. The van der Waals surface area contributed by atoms with Gasteiger partial charge >= 0.3 is 0 Å². The Morgan fingerprint density at radius 2 is 1.71 bits per heavy atom. The van der Waals surface area contributed by atoms with Gasteiger partial charge in [-0.2, -0.15) is 0 Å². The number of piperidine rings is 1. The number of nitrogens with one attached hydrogen (secondary N) is 1. The van der Waals surface area contributed by atoms with Gasteiger partial charge in [-0.3, -0.25) is 9.78 Å². The predicted octanol–water partition coefficient (Wildman–Crippen LogP) is 6.21. The van der Waals surface area contributed by atoms with Crippen LogP contribution in [0.15, 0.2) is 90.2 Å². The van der Waals surface area contributed by atoms with Crippen LogP contribution in [0.1, 0.15) is 40.0 Å². The largest absolute Gasteiger partial charge is 0.356 e. The van der Waals surface area contributed by atoms with Crippen molar-refractivity contribution in [2.24, 2.45) is 5.92 Å². The van der Waals surface area contributed by atoms with E-state index in [4.69, 9.17) is 16.6 Å². The fourth-order valence-electron chi connectivity index (χ4n) is 4.60. The second kappa shape index (κ2) is 12.9. The summed E-state index contributed by atoms with van der Waals surface area (Å²) in [4.78, 5) is 28.2. The number of rotatable bonds is 9. The van der Waals surface area contributed by atoms with Crippen LogP contribution in [0.2, 0.25) is 5.15 Å². The molecule has 0 unspecified atom stereocenters. The Bertz CT molecular complexity index is 1330. The van der Waals surface area contributed by atoms with Crippen LogP contribution in [-0.4, -0.2) is 33.9 Å². The van der Waals surface area contributed by atoms with Gasteiger partial charge in [-0.05, 0) is 60.6 Å². The lowest BCUT2D eigenvalue weighted by Gasteiger charge is -2.33. The Morgan fingerprint density at radius 1 is 0.947 bits per heavy atom. The van der Waals surface area contributed by atoms with Crippen molar-refractivity contribution in [2.45, 2.75) is 36.7 Å². The van der Waals surface area contributed by atoms with Crippen molar-refractivity contribution in [1.82, 2.24) is 20.3 Å². The number of hydrogen-bond acceptors (Lipinski definition) is 6. The quantitative estimate of drug-likeness (QED) is 0.154. The molecule has 3 heterocycles. The summed E-state index contributed by atoms with van der Waals surface area (Å²) in [6, 6.07) is 25.8. The zero-order valence-electron chi connectivity index (χ0n) is 21.1. The predicted molar refractivity (Wildman–Crippen MR) is 154 cm³/mol. The summed E-state index contributed by atoms with van der Waals surface area (Å²) < 4.78 is 0. The SMILES string of the molecule is O=C(NCc1ccccn1)c1ccc(CSc2nc(Cl)cc(N3CCC(Cc4ccccc4)CC3)n2)cc1. The second-order valence-electron chi connectivity index (χ2n) is 9.44. The fraction of sp³-hybridized carbons (Fsp3) is 0.267. The van der Waals surface area contributed by atoms with Crippen LogP contribution in [0.5, 0.6) is 0 Å². The van der Waals surface area contributed by atoms with Gasteiger partial charge in [0.25, 0.3) is 5.91 Å². The lowest BCUT2D eigenvalue weighted by atomic mass is 9.90. The highest BCUT2D eigenvalue weighted by Crippen LogP contribution is 2.28. The number of nitrogens with zero attached hydrogens (tertiary/aromatic N) is 4. The van der Waals surface area contributed by atoms with Crippen molar-refractivity contribution in [3.63, 3.8) is 0 Å². The summed E-state index contributed by atoms with van der Waals surface area (Å²) in [5, 5.41) is 4.03. The normalized spacial score (nSPS) is 13.9. The maximum atomic E-state index is 12.5. The highest BCUT2D eigenvalue weighted by atomic mass is 35.5. The van der Waals surface area contributed by atoms with Crippen LogP contribution in [0.3, 0.4) is 0 Å². The number of amides is 1. The third-order valence-electron chi connectivity index (χ3n) is 6.71. The molecule has 1 amide bonds. The van der Waals surface area contributed by atoms with Crippen molar-refractivity contribution in [3.05, 3.63) is 113 Å². The molecule has 6 nitrogen and oxygen atoms in total. The smallest absolute Gasteiger partial charge is 0.251 e. The van der Waals surface area contributed by atoms with Crippen molar-refractivity contribution >= 4 is 35.1 Å². The molecule has 0 radical (unpaired) electrons. The molecule has 0 aliphatic carbocycles. The molecule has 4 aromatic rings. The number of anilines is 1. The van der Waals surface area contributed by atoms with E-state index in [1.54, 1.807) is 18.0 Å². The average Bonchev–Trinajstić information content (AvgIpc) is 2.96. The van der Waals surface area contributed by atoms with Crippen molar-refractivity contribution in [1.29, 1.82) is 0 Å². The topological polar surface area (TPSA) is 71.0 Å². The number of carbonyl (C=O) groups is 1. The van der Waals surface area contributed by atoms with Gasteiger partial charge in [0, 0.05) is 36.7 Å². The lowest BCUT2D eigenvalue weighted by Crippen LogP contribution is -2.35. The Morgan fingerprint density at radius 3 is 2.45 bits per heavy atom. The third-order valence-corrected chi connectivity index (χ3v) is 7.82. The molecule has 194 valence electrons. The van der Waals surface area contributed by atoms with Crippen LogP contribution in [-0.2, 0) is 18.7 Å². The Hall–Kier alpha value is -3.42. The molecule has 1 N–H and O–H groups in total. The monoisotopic (exact) mass is 543 g/mol. The zero-order valence-corrected chi connectivity index (χ0v) is 22.7. The van der Waals surface area contributed by atoms with Crippen molar-refractivity contribution < 1.29 is 4.79 Å². The molecule has 2 aromatic carbocycles. The molecule has 0 bridgehead atoms. The van der Waals surface area contributed by atoms with E-state index in [-0.39, 0.29) is 5.91 Å². The van der Waals surface area contributed by atoms with Crippen LogP contribution in [0.25, 0.3) is 0 Å². The zero-order chi connectivity index (χ0) is 26.2. The first kappa shape index (κ1) is 26.2.